The number of hydrogen-bond donors (Lipinski definition) is 1. The molecule has 1 aromatic rings. The van der Waals surface area contributed by atoms with Crippen molar-refractivity contribution >= 4 is 5.69 Å². The Morgan fingerprint density at radius 1 is 1.16 bits per heavy atom. The van der Waals surface area contributed by atoms with E-state index in [9.17, 15) is 0 Å². The van der Waals surface area contributed by atoms with Gasteiger partial charge in [-0.2, -0.15) is 0 Å². The van der Waals surface area contributed by atoms with Crippen LogP contribution in [0.15, 0.2) is 18.2 Å². The van der Waals surface area contributed by atoms with Crippen molar-refractivity contribution in [2.75, 3.05) is 51.3 Å². The number of nitrogens with one attached hydrogen (secondary N) is 1. The van der Waals surface area contributed by atoms with Gasteiger partial charge >= 0.3 is 0 Å². The summed E-state index contributed by atoms with van der Waals surface area (Å²) in [5, 5.41) is 3.50. The van der Waals surface area contributed by atoms with Crippen molar-refractivity contribution in [1.82, 2.24) is 4.90 Å². The zero-order valence-electron chi connectivity index (χ0n) is 11.4. The summed E-state index contributed by atoms with van der Waals surface area (Å²) in [7, 11) is 0. The highest BCUT2D eigenvalue weighted by atomic mass is 16.5. The number of fused-ring (bicyclic) bond motifs is 1. The molecular formula is C15H22N2O2. The van der Waals surface area contributed by atoms with Crippen LogP contribution in [0.5, 0.6) is 5.75 Å². The molecule has 3 rings (SSSR count). The van der Waals surface area contributed by atoms with Crippen LogP contribution in [-0.4, -0.2) is 50.9 Å². The fourth-order valence-corrected chi connectivity index (χ4v) is 2.65. The van der Waals surface area contributed by atoms with E-state index in [1.54, 1.807) is 0 Å². The van der Waals surface area contributed by atoms with Crippen LogP contribution in [0, 0.1) is 0 Å². The molecule has 0 spiro atoms. The van der Waals surface area contributed by atoms with Crippen LogP contribution in [0.25, 0.3) is 0 Å². The van der Waals surface area contributed by atoms with Crippen molar-refractivity contribution in [3.05, 3.63) is 23.8 Å². The SMILES string of the molecule is c1cc2c(cc1NCCN1CCOCC1)CCCO2. The molecule has 1 N–H and O–H groups in total. The Balaban J connectivity index is 1.49. The maximum Gasteiger partial charge on any atom is 0.122 e. The topological polar surface area (TPSA) is 33.7 Å². The van der Waals surface area contributed by atoms with E-state index in [0.717, 1.165) is 64.6 Å². The molecule has 1 aromatic carbocycles. The highest BCUT2D eigenvalue weighted by Gasteiger charge is 2.11. The normalized spacial score (nSPS) is 19.6. The Morgan fingerprint density at radius 3 is 2.95 bits per heavy atom. The Bertz CT molecular complexity index is 417. The van der Waals surface area contributed by atoms with Gasteiger partial charge in [0.1, 0.15) is 5.75 Å². The molecule has 4 nitrogen and oxygen atoms in total. The Kier molecular flexibility index (Phi) is 4.20. The molecule has 1 saturated heterocycles. The van der Waals surface area contributed by atoms with E-state index in [2.05, 4.69) is 28.4 Å². The third kappa shape index (κ3) is 3.39. The van der Waals surface area contributed by atoms with Crippen molar-refractivity contribution in [2.24, 2.45) is 0 Å². The van der Waals surface area contributed by atoms with Gasteiger partial charge in [0.15, 0.2) is 0 Å². The molecule has 0 atom stereocenters. The molecule has 0 aromatic heterocycles. The first kappa shape index (κ1) is 12.8. The second-order valence-corrected chi connectivity index (χ2v) is 5.16. The summed E-state index contributed by atoms with van der Waals surface area (Å²) >= 11 is 0. The zero-order valence-corrected chi connectivity index (χ0v) is 11.4. The van der Waals surface area contributed by atoms with Crippen molar-refractivity contribution in [2.45, 2.75) is 12.8 Å². The number of nitrogens with zero attached hydrogens (tertiary/aromatic N) is 1. The summed E-state index contributed by atoms with van der Waals surface area (Å²) in [6, 6.07) is 6.43. The van der Waals surface area contributed by atoms with Crippen molar-refractivity contribution in [1.29, 1.82) is 0 Å². The van der Waals surface area contributed by atoms with Crippen LogP contribution >= 0.6 is 0 Å². The lowest BCUT2D eigenvalue weighted by atomic mass is 10.1. The Morgan fingerprint density at radius 2 is 2.05 bits per heavy atom. The van der Waals surface area contributed by atoms with Gasteiger partial charge in [0, 0.05) is 31.9 Å². The minimum absolute atomic E-state index is 0.858. The average molecular weight is 262 g/mol. The van der Waals surface area contributed by atoms with Gasteiger partial charge in [-0.15, -0.1) is 0 Å². The molecule has 0 amide bonds. The van der Waals surface area contributed by atoms with Gasteiger partial charge in [-0.05, 0) is 36.6 Å². The van der Waals surface area contributed by atoms with E-state index >= 15 is 0 Å². The third-order valence-electron chi connectivity index (χ3n) is 3.77. The average Bonchev–Trinajstić information content (AvgIpc) is 2.48. The summed E-state index contributed by atoms with van der Waals surface area (Å²) in [5.41, 5.74) is 2.54. The van der Waals surface area contributed by atoms with E-state index in [-0.39, 0.29) is 0 Å². The second kappa shape index (κ2) is 6.26. The maximum atomic E-state index is 5.63. The summed E-state index contributed by atoms with van der Waals surface area (Å²) in [5.74, 6) is 1.06. The largest absolute Gasteiger partial charge is 0.493 e. The predicted octanol–water partition coefficient (Wildman–Crippen LogP) is 1.76. The van der Waals surface area contributed by atoms with Crippen molar-refractivity contribution in [3.8, 4) is 5.75 Å². The Labute approximate surface area is 114 Å². The van der Waals surface area contributed by atoms with Crippen LogP contribution in [0.3, 0.4) is 0 Å². The van der Waals surface area contributed by atoms with Gasteiger partial charge < -0.3 is 14.8 Å². The molecule has 0 bridgehead atoms. The molecule has 19 heavy (non-hydrogen) atoms. The summed E-state index contributed by atoms with van der Waals surface area (Å²) in [6.45, 7) is 6.78. The standard InChI is InChI=1S/C15H22N2O2/c1-2-13-12-14(3-4-15(13)19-9-1)16-5-6-17-7-10-18-11-8-17/h3-4,12,16H,1-2,5-11H2. The van der Waals surface area contributed by atoms with Gasteiger partial charge in [-0.25, -0.2) is 0 Å². The number of anilines is 1. The second-order valence-electron chi connectivity index (χ2n) is 5.16. The zero-order chi connectivity index (χ0) is 12.9. The Hall–Kier alpha value is -1.26. The minimum atomic E-state index is 0.858. The van der Waals surface area contributed by atoms with Crippen molar-refractivity contribution < 1.29 is 9.47 Å². The summed E-state index contributed by atoms with van der Waals surface area (Å²) in [6.07, 6.45) is 2.26. The number of ether oxygens (including phenoxy) is 2. The van der Waals surface area contributed by atoms with Crippen LogP contribution in [0.1, 0.15) is 12.0 Å². The molecule has 2 aliphatic heterocycles. The molecule has 2 heterocycles. The first-order chi connectivity index (χ1) is 9.42. The number of rotatable bonds is 4. The van der Waals surface area contributed by atoms with E-state index in [1.807, 2.05) is 0 Å². The number of morpholine rings is 1. The smallest absolute Gasteiger partial charge is 0.122 e. The van der Waals surface area contributed by atoms with Crippen LogP contribution in [-0.2, 0) is 11.2 Å². The summed E-state index contributed by atoms with van der Waals surface area (Å²) in [4.78, 5) is 2.44. The number of benzene rings is 1. The lowest BCUT2D eigenvalue weighted by molar-refractivity contribution is 0.0398. The fraction of sp³-hybridized carbons (Fsp3) is 0.600. The quantitative estimate of drug-likeness (QED) is 0.896. The highest BCUT2D eigenvalue weighted by Crippen LogP contribution is 2.27. The van der Waals surface area contributed by atoms with Crippen LogP contribution in [0.2, 0.25) is 0 Å². The van der Waals surface area contributed by atoms with Gasteiger partial charge in [0.05, 0.1) is 19.8 Å². The molecule has 0 radical (unpaired) electrons. The summed E-state index contributed by atoms with van der Waals surface area (Å²) < 4.78 is 11.0. The molecule has 104 valence electrons. The minimum Gasteiger partial charge on any atom is -0.493 e. The van der Waals surface area contributed by atoms with E-state index in [0.29, 0.717) is 0 Å². The van der Waals surface area contributed by atoms with Crippen LogP contribution in [0.4, 0.5) is 5.69 Å². The van der Waals surface area contributed by atoms with Gasteiger partial charge in [-0.3, -0.25) is 4.90 Å². The molecular weight excluding hydrogens is 240 g/mol. The lowest BCUT2D eigenvalue weighted by Crippen LogP contribution is -2.39. The van der Waals surface area contributed by atoms with Gasteiger partial charge in [-0.1, -0.05) is 0 Å². The first-order valence-corrected chi connectivity index (χ1v) is 7.21. The predicted molar refractivity (Wildman–Crippen MR) is 76.0 cm³/mol. The molecule has 1 fully saturated rings. The molecule has 0 saturated carbocycles. The lowest BCUT2D eigenvalue weighted by Gasteiger charge is -2.26. The highest BCUT2D eigenvalue weighted by molar-refractivity contribution is 5.51. The van der Waals surface area contributed by atoms with Gasteiger partial charge in [0.25, 0.3) is 0 Å². The third-order valence-corrected chi connectivity index (χ3v) is 3.77. The molecule has 4 heteroatoms. The van der Waals surface area contributed by atoms with Crippen LogP contribution < -0.4 is 10.1 Å². The fourth-order valence-electron chi connectivity index (χ4n) is 2.65. The monoisotopic (exact) mass is 262 g/mol. The molecule has 0 aliphatic carbocycles. The number of hydrogen-bond acceptors (Lipinski definition) is 4. The van der Waals surface area contributed by atoms with E-state index in [1.165, 1.54) is 11.3 Å². The molecule has 2 aliphatic rings. The van der Waals surface area contributed by atoms with Crippen molar-refractivity contribution in [3.63, 3.8) is 0 Å². The van der Waals surface area contributed by atoms with Gasteiger partial charge in [0.2, 0.25) is 0 Å². The first-order valence-electron chi connectivity index (χ1n) is 7.21. The molecule has 0 unspecified atom stereocenters. The van der Waals surface area contributed by atoms with E-state index in [4.69, 9.17) is 9.47 Å². The number of aryl methyl sites for hydroxylation is 1. The van der Waals surface area contributed by atoms with E-state index < -0.39 is 0 Å². The maximum absolute atomic E-state index is 5.63.